The summed E-state index contributed by atoms with van der Waals surface area (Å²) >= 11 is 3.00. The molecule has 1 rings (SSSR count). The van der Waals surface area contributed by atoms with Gasteiger partial charge in [-0.1, -0.05) is 0 Å². The van der Waals surface area contributed by atoms with E-state index in [1.165, 1.54) is 0 Å². The molecule has 11 heavy (non-hydrogen) atoms. The third kappa shape index (κ3) is 1.51. The van der Waals surface area contributed by atoms with Gasteiger partial charge in [-0.2, -0.15) is 0 Å². The maximum Gasteiger partial charge on any atom is 0.327 e. The molecular formula is C5H6BrN3O2. The third-order valence-electron chi connectivity index (χ3n) is 1.13. The van der Waals surface area contributed by atoms with Crippen molar-refractivity contribution in [2.45, 2.75) is 0 Å². The van der Waals surface area contributed by atoms with Gasteiger partial charge in [-0.25, -0.2) is 4.79 Å². The van der Waals surface area contributed by atoms with Gasteiger partial charge in [0.1, 0.15) is 10.3 Å². The van der Waals surface area contributed by atoms with Gasteiger partial charge in [0.2, 0.25) is 0 Å². The predicted octanol–water partition coefficient (Wildman–Crippen LogP) is -0.133. The lowest BCUT2D eigenvalue weighted by atomic mass is 10.6. The van der Waals surface area contributed by atoms with Crippen LogP contribution in [0.5, 0.6) is 0 Å². The summed E-state index contributed by atoms with van der Waals surface area (Å²) in [5.41, 5.74) is -0.972. The zero-order chi connectivity index (χ0) is 8.43. The highest BCUT2D eigenvalue weighted by Crippen LogP contribution is 2.09. The Kier molecular flexibility index (Phi) is 2.13. The van der Waals surface area contributed by atoms with E-state index in [1.54, 1.807) is 7.05 Å². The highest BCUT2D eigenvalue weighted by Gasteiger charge is 2.02. The molecule has 0 aliphatic rings. The molecule has 5 nitrogen and oxygen atoms in total. The molecule has 0 atom stereocenters. The topological polar surface area (TPSA) is 77.8 Å². The van der Waals surface area contributed by atoms with Gasteiger partial charge in [0, 0.05) is 7.05 Å². The number of aromatic nitrogens is 2. The molecule has 0 saturated carbocycles. The summed E-state index contributed by atoms with van der Waals surface area (Å²) in [7, 11) is 1.61. The van der Waals surface area contributed by atoms with Crippen molar-refractivity contribution in [2.24, 2.45) is 0 Å². The van der Waals surface area contributed by atoms with Crippen molar-refractivity contribution in [1.29, 1.82) is 0 Å². The lowest BCUT2D eigenvalue weighted by molar-refractivity contribution is 1.02. The summed E-state index contributed by atoms with van der Waals surface area (Å²) in [6, 6.07) is 0. The van der Waals surface area contributed by atoms with Crippen LogP contribution in [0.4, 0.5) is 5.82 Å². The Morgan fingerprint density at radius 1 is 1.36 bits per heavy atom. The minimum Gasteiger partial charge on any atom is -0.373 e. The maximum absolute atomic E-state index is 10.9. The SMILES string of the molecule is CNc1[nH]c(=O)[nH]c(=O)c1Br. The fraction of sp³-hybridized carbons (Fsp3) is 0.200. The van der Waals surface area contributed by atoms with Crippen molar-refractivity contribution >= 4 is 21.7 Å². The van der Waals surface area contributed by atoms with Gasteiger partial charge in [-0.05, 0) is 15.9 Å². The van der Waals surface area contributed by atoms with E-state index in [0.717, 1.165) is 0 Å². The summed E-state index contributed by atoms with van der Waals surface area (Å²) in [6.07, 6.45) is 0. The zero-order valence-corrected chi connectivity index (χ0v) is 7.28. The molecule has 1 aromatic rings. The lowest BCUT2D eigenvalue weighted by Crippen LogP contribution is -2.24. The summed E-state index contributed by atoms with van der Waals surface area (Å²) < 4.78 is 0.291. The average Bonchev–Trinajstić information content (AvgIpc) is 1.96. The third-order valence-corrected chi connectivity index (χ3v) is 1.89. The van der Waals surface area contributed by atoms with Crippen LogP contribution in [0.2, 0.25) is 0 Å². The van der Waals surface area contributed by atoms with E-state index in [-0.39, 0.29) is 0 Å². The van der Waals surface area contributed by atoms with Crippen molar-refractivity contribution in [3.8, 4) is 0 Å². The second kappa shape index (κ2) is 2.91. The molecule has 1 heterocycles. The quantitative estimate of drug-likeness (QED) is 0.616. The van der Waals surface area contributed by atoms with E-state index < -0.39 is 11.2 Å². The van der Waals surface area contributed by atoms with E-state index in [2.05, 4.69) is 31.2 Å². The van der Waals surface area contributed by atoms with Crippen LogP contribution >= 0.6 is 15.9 Å². The number of nitrogens with one attached hydrogen (secondary N) is 3. The summed E-state index contributed by atoms with van der Waals surface area (Å²) in [4.78, 5) is 26.0. The minimum atomic E-state index is -0.525. The Labute approximate surface area is 70.0 Å². The molecule has 0 aromatic carbocycles. The van der Waals surface area contributed by atoms with Crippen LogP contribution in [0.1, 0.15) is 0 Å². The Balaban J connectivity index is 3.49. The fourth-order valence-corrected chi connectivity index (χ4v) is 1.04. The Morgan fingerprint density at radius 3 is 2.55 bits per heavy atom. The van der Waals surface area contributed by atoms with Crippen molar-refractivity contribution in [3.63, 3.8) is 0 Å². The molecule has 0 spiro atoms. The monoisotopic (exact) mass is 219 g/mol. The van der Waals surface area contributed by atoms with E-state index in [9.17, 15) is 9.59 Å². The van der Waals surface area contributed by atoms with Crippen molar-refractivity contribution in [3.05, 3.63) is 25.3 Å². The molecule has 0 bridgehead atoms. The lowest BCUT2D eigenvalue weighted by Gasteiger charge is -1.99. The van der Waals surface area contributed by atoms with E-state index in [4.69, 9.17) is 0 Å². The second-order valence-electron chi connectivity index (χ2n) is 1.85. The molecule has 0 saturated heterocycles. The Hall–Kier alpha value is -1.04. The van der Waals surface area contributed by atoms with Crippen LogP contribution in [0.3, 0.4) is 0 Å². The minimum absolute atomic E-state index is 0.291. The summed E-state index contributed by atoms with van der Waals surface area (Å²) in [5.74, 6) is 0.374. The molecular weight excluding hydrogens is 214 g/mol. The van der Waals surface area contributed by atoms with E-state index >= 15 is 0 Å². The number of anilines is 1. The van der Waals surface area contributed by atoms with Crippen molar-refractivity contribution in [1.82, 2.24) is 9.97 Å². The standard InChI is InChI=1S/C5H6BrN3O2/c1-7-3-2(6)4(10)9-5(11)8-3/h1H3,(H3,7,8,9,10,11). The molecule has 3 N–H and O–H groups in total. The molecule has 6 heteroatoms. The normalized spacial score (nSPS) is 9.64. The Morgan fingerprint density at radius 2 is 2.00 bits per heavy atom. The predicted molar refractivity (Wildman–Crippen MR) is 44.9 cm³/mol. The Bertz CT molecular complexity index is 367. The average molecular weight is 220 g/mol. The largest absolute Gasteiger partial charge is 0.373 e. The first-order valence-electron chi connectivity index (χ1n) is 2.85. The molecule has 0 amide bonds. The van der Waals surface area contributed by atoms with Gasteiger partial charge >= 0.3 is 5.69 Å². The number of aromatic amines is 2. The van der Waals surface area contributed by atoms with Gasteiger partial charge in [-0.3, -0.25) is 14.8 Å². The van der Waals surface area contributed by atoms with Gasteiger partial charge in [0.25, 0.3) is 5.56 Å². The fourth-order valence-electron chi connectivity index (χ4n) is 0.643. The van der Waals surface area contributed by atoms with Crippen LogP contribution in [0, 0.1) is 0 Å². The van der Waals surface area contributed by atoms with E-state index in [0.29, 0.717) is 10.3 Å². The van der Waals surface area contributed by atoms with Gasteiger partial charge in [-0.15, -0.1) is 0 Å². The second-order valence-corrected chi connectivity index (χ2v) is 2.64. The molecule has 1 aromatic heterocycles. The molecule has 0 radical (unpaired) electrons. The molecule has 0 unspecified atom stereocenters. The smallest absolute Gasteiger partial charge is 0.327 e. The van der Waals surface area contributed by atoms with Crippen LogP contribution in [0.15, 0.2) is 14.1 Å². The number of hydrogen-bond donors (Lipinski definition) is 3. The first-order valence-corrected chi connectivity index (χ1v) is 3.64. The molecule has 60 valence electrons. The van der Waals surface area contributed by atoms with E-state index in [1.807, 2.05) is 0 Å². The van der Waals surface area contributed by atoms with Crippen molar-refractivity contribution in [2.75, 3.05) is 12.4 Å². The van der Waals surface area contributed by atoms with Crippen LogP contribution in [0.25, 0.3) is 0 Å². The number of rotatable bonds is 1. The number of hydrogen-bond acceptors (Lipinski definition) is 3. The van der Waals surface area contributed by atoms with Gasteiger partial charge in [0.15, 0.2) is 0 Å². The number of H-pyrrole nitrogens is 2. The van der Waals surface area contributed by atoms with Gasteiger partial charge < -0.3 is 5.32 Å². The molecule has 0 aliphatic heterocycles. The highest BCUT2D eigenvalue weighted by molar-refractivity contribution is 9.10. The van der Waals surface area contributed by atoms with Gasteiger partial charge in [0.05, 0.1) is 0 Å². The first kappa shape index (κ1) is 8.06. The summed E-state index contributed by atoms with van der Waals surface area (Å²) in [5, 5.41) is 2.65. The number of halogens is 1. The molecule has 0 aliphatic carbocycles. The van der Waals surface area contributed by atoms with Crippen LogP contribution < -0.4 is 16.6 Å². The zero-order valence-electron chi connectivity index (χ0n) is 5.69. The van der Waals surface area contributed by atoms with Crippen LogP contribution in [-0.4, -0.2) is 17.0 Å². The highest BCUT2D eigenvalue weighted by atomic mass is 79.9. The van der Waals surface area contributed by atoms with Crippen LogP contribution in [-0.2, 0) is 0 Å². The van der Waals surface area contributed by atoms with Crippen molar-refractivity contribution < 1.29 is 0 Å². The first-order chi connectivity index (χ1) is 5.15. The molecule has 0 fully saturated rings. The summed E-state index contributed by atoms with van der Waals surface area (Å²) in [6.45, 7) is 0. The maximum atomic E-state index is 10.9.